The monoisotopic (exact) mass is 360 g/mol. The van der Waals surface area contributed by atoms with Crippen LogP contribution < -0.4 is 0 Å². The van der Waals surface area contributed by atoms with E-state index in [1.807, 2.05) is 30.3 Å². The van der Waals surface area contributed by atoms with Gasteiger partial charge in [-0.1, -0.05) is 72.8 Å². The molecule has 0 aliphatic heterocycles. The standard InChI is InChI=1S/C22H16O5/c23-19(24)13-14-20(25)27-22(21(26)16-8-2-1-3-9-16)18-12-6-10-15-7-4-5-11-17(15)18/h1-14,22H,(H,23,24)/b14-13+. The largest absolute Gasteiger partial charge is 0.478 e. The van der Waals surface area contributed by atoms with Gasteiger partial charge in [0.25, 0.3) is 0 Å². The quantitative estimate of drug-likeness (QED) is 0.409. The van der Waals surface area contributed by atoms with Crippen molar-refractivity contribution in [2.75, 3.05) is 0 Å². The predicted molar refractivity (Wildman–Crippen MR) is 100 cm³/mol. The number of aliphatic carboxylic acids is 1. The van der Waals surface area contributed by atoms with Gasteiger partial charge in [-0.05, 0) is 10.8 Å². The van der Waals surface area contributed by atoms with E-state index in [0.29, 0.717) is 17.2 Å². The maximum Gasteiger partial charge on any atom is 0.332 e. The molecule has 3 aromatic carbocycles. The van der Waals surface area contributed by atoms with Crippen molar-refractivity contribution in [2.45, 2.75) is 6.10 Å². The number of ketones is 1. The number of benzene rings is 3. The SMILES string of the molecule is O=C(O)/C=C/C(=O)OC(C(=O)c1ccccc1)c1cccc2ccccc12. The predicted octanol–water partition coefficient (Wildman–Crippen LogP) is 3.95. The number of hydrogen-bond donors (Lipinski definition) is 1. The molecule has 27 heavy (non-hydrogen) atoms. The highest BCUT2D eigenvalue weighted by molar-refractivity contribution is 6.04. The molecule has 3 rings (SSSR count). The van der Waals surface area contributed by atoms with Crippen LogP contribution in [0.2, 0.25) is 0 Å². The van der Waals surface area contributed by atoms with Gasteiger partial charge in [0.1, 0.15) is 0 Å². The third-order valence-corrected chi connectivity index (χ3v) is 4.00. The average Bonchev–Trinajstić information content (AvgIpc) is 2.70. The van der Waals surface area contributed by atoms with Crippen LogP contribution >= 0.6 is 0 Å². The fraction of sp³-hybridized carbons (Fsp3) is 0.0455. The van der Waals surface area contributed by atoms with E-state index in [0.717, 1.165) is 16.8 Å². The molecule has 0 radical (unpaired) electrons. The van der Waals surface area contributed by atoms with Crippen LogP contribution in [-0.4, -0.2) is 22.8 Å². The molecule has 0 amide bonds. The second kappa shape index (κ2) is 8.10. The molecule has 0 bridgehead atoms. The number of esters is 1. The lowest BCUT2D eigenvalue weighted by atomic mass is 9.95. The van der Waals surface area contributed by atoms with Crippen molar-refractivity contribution in [1.82, 2.24) is 0 Å². The third-order valence-electron chi connectivity index (χ3n) is 4.00. The summed E-state index contributed by atoms with van der Waals surface area (Å²) in [7, 11) is 0. The Bertz CT molecular complexity index is 1020. The van der Waals surface area contributed by atoms with Gasteiger partial charge in [0.05, 0.1) is 0 Å². The Morgan fingerprint density at radius 3 is 2.22 bits per heavy atom. The summed E-state index contributed by atoms with van der Waals surface area (Å²) in [4.78, 5) is 35.8. The Kier molecular flexibility index (Phi) is 5.42. The van der Waals surface area contributed by atoms with Crippen LogP contribution in [0.1, 0.15) is 22.0 Å². The molecule has 1 N–H and O–H groups in total. The van der Waals surface area contributed by atoms with E-state index in [1.165, 1.54) is 0 Å². The Labute approximate surface area is 155 Å². The summed E-state index contributed by atoms with van der Waals surface area (Å²) in [5, 5.41) is 10.4. The molecule has 0 spiro atoms. The summed E-state index contributed by atoms with van der Waals surface area (Å²) in [6.07, 6.45) is 0.276. The maximum absolute atomic E-state index is 13.0. The van der Waals surface area contributed by atoms with Crippen molar-refractivity contribution in [3.05, 3.63) is 96.1 Å². The van der Waals surface area contributed by atoms with E-state index in [2.05, 4.69) is 0 Å². The fourth-order valence-corrected chi connectivity index (χ4v) is 2.79. The minimum atomic E-state index is -1.27. The number of hydrogen-bond acceptors (Lipinski definition) is 4. The highest BCUT2D eigenvalue weighted by atomic mass is 16.5. The van der Waals surface area contributed by atoms with Gasteiger partial charge in [-0.15, -0.1) is 0 Å². The molecule has 3 aromatic rings. The van der Waals surface area contributed by atoms with E-state index in [9.17, 15) is 14.4 Å². The lowest BCUT2D eigenvalue weighted by Crippen LogP contribution is -2.19. The van der Waals surface area contributed by atoms with Crippen molar-refractivity contribution in [1.29, 1.82) is 0 Å². The molecule has 0 aliphatic rings. The van der Waals surface area contributed by atoms with E-state index in [4.69, 9.17) is 9.84 Å². The molecular formula is C22H16O5. The van der Waals surface area contributed by atoms with E-state index >= 15 is 0 Å². The first-order valence-electron chi connectivity index (χ1n) is 8.25. The summed E-state index contributed by atoms with van der Waals surface area (Å²) < 4.78 is 5.37. The highest BCUT2D eigenvalue weighted by Gasteiger charge is 2.27. The molecular weight excluding hydrogens is 344 g/mol. The first kappa shape index (κ1) is 18.1. The van der Waals surface area contributed by atoms with Crippen LogP contribution in [0, 0.1) is 0 Å². The average molecular weight is 360 g/mol. The van der Waals surface area contributed by atoms with Gasteiger partial charge in [-0.2, -0.15) is 0 Å². The van der Waals surface area contributed by atoms with Crippen LogP contribution in [0.4, 0.5) is 0 Å². The number of carbonyl (C=O) groups is 3. The Hall–Kier alpha value is -3.73. The van der Waals surface area contributed by atoms with E-state index in [1.54, 1.807) is 42.5 Å². The fourth-order valence-electron chi connectivity index (χ4n) is 2.79. The molecule has 1 atom stereocenters. The minimum Gasteiger partial charge on any atom is -0.478 e. The van der Waals surface area contributed by atoms with Crippen LogP contribution in [0.25, 0.3) is 10.8 Å². The van der Waals surface area contributed by atoms with Crippen molar-refractivity contribution in [3.8, 4) is 0 Å². The van der Waals surface area contributed by atoms with Gasteiger partial charge in [0.15, 0.2) is 6.10 Å². The normalized spacial score (nSPS) is 12.0. The molecule has 5 heteroatoms. The van der Waals surface area contributed by atoms with Gasteiger partial charge >= 0.3 is 11.9 Å². The molecule has 1 unspecified atom stereocenters. The number of carboxylic acids is 1. The molecule has 134 valence electrons. The topological polar surface area (TPSA) is 80.7 Å². The van der Waals surface area contributed by atoms with Crippen LogP contribution in [0.3, 0.4) is 0 Å². The van der Waals surface area contributed by atoms with E-state index < -0.39 is 18.0 Å². The Morgan fingerprint density at radius 2 is 1.48 bits per heavy atom. The zero-order valence-corrected chi connectivity index (χ0v) is 14.2. The maximum atomic E-state index is 13.0. The summed E-state index contributed by atoms with van der Waals surface area (Å²) in [6, 6.07) is 21.4. The second-order valence-corrected chi connectivity index (χ2v) is 5.79. The lowest BCUT2D eigenvalue weighted by Gasteiger charge is -2.18. The van der Waals surface area contributed by atoms with Gasteiger partial charge in [0.2, 0.25) is 5.78 Å². The third kappa shape index (κ3) is 4.27. The van der Waals surface area contributed by atoms with Crippen LogP contribution in [0.5, 0.6) is 0 Å². The summed E-state index contributed by atoms with van der Waals surface area (Å²) in [6.45, 7) is 0. The minimum absolute atomic E-state index is 0.385. The summed E-state index contributed by atoms with van der Waals surface area (Å²) >= 11 is 0. The van der Waals surface area contributed by atoms with Crippen LogP contribution in [0.15, 0.2) is 84.9 Å². The first-order chi connectivity index (χ1) is 13.1. The van der Waals surface area contributed by atoms with Gasteiger partial charge < -0.3 is 9.84 Å². The van der Waals surface area contributed by atoms with Gasteiger partial charge in [-0.25, -0.2) is 9.59 Å². The van der Waals surface area contributed by atoms with Crippen molar-refractivity contribution >= 4 is 28.5 Å². The number of carbonyl (C=O) groups excluding carboxylic acids is 2. The van der Waals surface area contributed by atoms with Gasteiger partial charge in [0, 0.05) is 23.3 Å². The van der Waals surface area contributed by atoms with E-state index in [-0.39, 0.29) is 5.78 Å². The van der Waals surface area contributed by atoms with Crippen molar-refractivity contribution in [2.24, 2.45) is 0 Å². The molecule has 5 nitrogen and oxygen atoms in total. The smallest absolute Gasteiger partial charge is 0.332 e. The molecule has 0 aliphatic carbocycles. The second-order valence-electron chi connectivity index (χ2n) is 5.79. The zero-order valence-electron chi connectivity index (χ0n) is 14.2. The number of ether oxygens (including phenoxy) is 1. The highest BCUT2D eigenvalue weighted by Crippen LogP contribution is 2.29. The number of carboxylic acid groups (broad SMARTS) is 1. The Balaban J connectivity index is 2.05. The molecule has 0 saturated carbocycles. The van der Waals surface area contributed by atoms with Crippen molar-refractivity contribution in [3.63, 3.8) is 0 Å². The lowest BCUT2D eigenvalue weighted by molar-refractivity contribution is -0.142. The molecule has 0 saturated heterocycles. The molecule has 0 fully saturated rings. The number of fused-ring (bicyclic) bond motifs is 1. The molecule has 0 aromatic heterocycles. The zero-order chi connectivity index (χ0) is 19.2. The van der Waals surface area contributed by atoms with Crippen LogP contribution in [-0.2, 0) is 14.3 Å². The molecule has 0 heterocycles. The van der Waals surface area contributed by atoms with Gasteiger partial charge in [-0.3, -0.25) is 4.79 Å². The summed E-state index contributed by atoms with van der Waals surface area (Å²) in [5.41, 5.74) is 0.935. The Morgan fingerprint density at radius 1 is 0.815 bits per heavy atom. The number of Topliss-reactive ketones (excluding diaryl/α,β-unsaturated/α-hetero) is 1. The van der Waals surface area contributed by atoms with Crippen molar-refractivity contribution < 1.29 is 24.2 Å². The number of rotatable bonds is 6. The summed E-state index contributed by atoms with van der Waals surface area (Å²) in [5.74, 6) is -2.56. The first-order valence-corrected chi connectivity index (χ1v) is 8.25.